The first-order valence-electron chi connectivity index (χ1n) is 46.2. The summed E-state index contributed by atoms with van der Waals surface area (Å²) in [6, 6.07) is 0.711. The van der Waals surface area contributed by atoms with Crippen LogP contribution < -0.4 is 17.0 Å². The number of aliphatic hydroxyl groups is 1. The van der Waals surface area contributed by atoms with Gasteiger partial charge in [0.2, 0.25) is 6.33 Å². The first kappa shape index (κ1) is 104. The third-order valence-corrected chi connectivity index (χ3v) is 22.5. The van der Waals surface area contributed by atoms with Crippen LogP contribution in [0.4, 0.5) is 0 Å². The predicted molar refractivity (Wildman–Crippen MR) is 445 cm³/mol. The van der Waals surface area contributed by atoms with Crippen LogP contribution in [0.15, 0.2) is 18.7 Å². The van der Waals surface area contributed by atoms with Gasteiger partial charge in [-0.2, -0.15) is 8.42 Å². The number of imidazole rings is 1. The first-order chi connectivity index (χ1) is 48.6. The van der Waals surface area contributed by atoms with Crippen LogP contribution in [0, 0.1) is 0 Å². The highest BCUT2D eigenvalue weighted by molar-refractivity contribution is 7.86. The minimum absolute atomic E-state index is 0. The smallest absolute Gasteiger partial charge is 0.264 e. The summed E-state index contributed by atoms with van der Waals surface area (Å²) in [5.41, 5.74) is 0. The van der Waals surface area contributed by atoms with Crippen LogP contribution in [0.3, 0.4) is 0 Å². The molecule has 0 amide bonds. The van der Waals surface area contributed by atoms with Crippen molar-refractivity contribution in [3.8, 4) is 0 Å². The molecule has 1 heterocycles. The Kier molecular flexibility index (Phi) is 92.1. The zero-order chi connectivity index (χ0) is 72.4. The van der Waals surface area contributed by atoms with Crippen LogP contribution in [0.2, 0.25) is 0 Å². The fourth-order valence-corrected chi connectivity index (χ4v) is 15.8. The molecule has 3 unspecified atom stereocenters. The molecule has 0 bridgehead atoms. The topological polar surface area (TPSA) is 72.4 Å². The Morgan fingerprint density at radius 1 is 0.290 bits per heavy atom. The maximum atomic E-state index is 11.6. The molecule has 0 saturated carbocycles. The predicted octanol–water partition coefficient (Wildman–Crippen LogP) is 29.1. The van der Waals surface area contributed by atoms with E-state index in [0.29, 0.717) is 6.04 Å². The largest absolute Gasteiger partial charge is 1.00 e. The van der Waals surface area contributed by atoms with Crippen LogP contribution >= 0.6 is 0 Å². The lowest BCUT2D eigenvalue weighted by atomic mass is 9.99. The van der Waals surface area contributed by atoms with E-state index < -0.39 is 10.1 Å². The summed E-state index contributed by atoms with van der Waals surface area (Å²) in [6.45, 7) is 13.7. The van der Waals surface area contributed by atoms with E-state index in [1.54, 1.807) is 0 Å². The fourth-order valence-electron chi connectivity index (χ4n) is 15.1. The summed E-state index contributed by atoms with van der Waals surface area (Å²) in [6.07, 6.45) is 115. The first-order valence-corrected chi connectivity index (χ1v) is 48.0. The van der Waals surface area contributed by atoms with Crippen LogP contribution in [-0.2, 0) is 21.3 Å². The molecule has 0 aliphatic rings. The van der Waals surface area contributed by atoms with Crippen molar-refractivity contribution in [2.75, 3.05) is 6.26 Å². The second-order valence-electron chi connectivity index (χ2n) is 32.3. The zero-order valence-corrected chi connectivity index (χ0v) is 71.5. The quantitative estimate of drug-likeness (QED) is 0.0401. The molecule has 0 spiro atoms. The summed E-state index contributed by atoms with van der Waals surface area (Å²) >= 11 is 0. The Balaban J connectivity index is -0.00000141. The molecule has 8 heteroatoms. The molecule has 602 valence electrons. The number of aromatic nitrogens is 2. The molecule has 0 aromatic carbocycles. The maximum absolute atomic E-state index is 11.6. The van der Waals surface area contributed by atoms with Gasteiger partial charge < -0.3 is 17.5 Å². The number of halogens is 1. The average Bonchev–Trinajstić information content (AvgIpc) is 1.74. The summed E-state index contributed by atoms with van der Waals surface area (Å²) in [5, 5.41) is 10.1. The van der Waals surface area contributed by atoms with Gasteiger partial charge in [0, 0.05) is 0 Å². The average molecular weight is 1450 g/mol. The monoisotopic (exact) mass is 1450 g/mol. The highest BCUT2D eigenvalue weighted by atomic mass is 35.5. The standard InChI is InChI=1S/C33H65N2.C30H62O3S.C29H60O.ClH/c1-4-6-8-10-12-14-15-16-17-18-19-20-21-23-25-27-29-33(35-31-30-34(3)32-35)28-26-24-22-13-11-9-7-5-2;1-4-6-8-10-12-14-15-16-17-18-19-20-21-23-25-27-29-30(33-34(3,31)32)28-26-24-22-13-11-9-7-5-2;1-3-5-7-9-11-13-14-15-16-17-18-19-20-22-24-26-28-29(30)27-25-23-21-12-10-8-6-4-2;/h30-33H,4-29H2,1-3H3;30H,4-29H2,1-3H3;29-30H,3-28H2,1-2H3;1H/q+1;;;/p-1. The molecule has 6 nitrogen and oxygen atoms in total. The SMILES string of the molecule is CCCCCCCCCCCCCCCCCCC(CCCCCCCCCC)OS(C)(=O)=O.CCCCCCCCCCCCCCCCCCC(CCCCCCCCCC)n1cc[n+](C)c1.CCCCCCCCCCCCCCCCCCC(O)CCCCCCCCCC.[Cl-]. The third-order valence-electron chi connectivity index (χ3n) is 21.8. The zero-order valence-electron chi connectivity index (χ0n) is 70.0. The van der Waals surface area contributed by atoms with E-state index in [0.717, 1.165) is 38.5 Å². The Morgan fingerprint density at radius 3 is 0.630 bits per heavy atom. The lowest BCUT2D eigenvalue weighted by Gasteiger charge is -2.16. The molecule has 0 aliphatic carbocycles. The maximum Gasteiger partial charge on any atom is 0.264 e. The van der Waals surface area contributed by atoms with E-state index in [1.165, 1.54) is 469 Å². The summed E-state index contributed by atoms with van der Waals surface area (Å²) in [5.74, 6) is 0. The van der Waals surface area contributed by atoms with E-state index in [-0.39, 0.29) is 24.6 Å². The van der Waals surface area contributed by atoms with Crippen molar-refractivity contribution in [1.82, 2.24) is 4.57 Å². The second kappa shape index (κ2) is 89.0. The van der Waals surface area contributed by atoms with Crippen molar-refractivity contribution in [1.29, 1.82) is 0 Å². The molecular weight excluding hydrogens is 1260 g/mol. The molecule has 0 aliphatic heterocycles. The Labute approximate surface area is 638 Å². The lowest BCUT2D eigenvalue weighted by molar-refractivity contribution is -0.671. The van der Waals surface area contributed by atoms with Gasteiger partial charge in [-0.25, -0.2) is 9.13 Å². The molecule has 1 rings (SSSR count). The number of rotatable bonds is 81. The highest BCUT2D eigenvalue weighted by Crippen LogP contribution is 2.26. The van der Waals surface area contributed by atoms with Gasteiger partial charge in [0.25, 0.3) is 10.1 Å². The molecule has 100 heavy (non-hydrogen) atoms. The van der Waals surface area contributed by atoms with Crippen LogP contribution in [0.5, 0.6) is 0 Å². The van der Waals surface area contributed by atoms with Crippen molar-refractivity contribution in [2.24, 2.45) is 7.05 Å². The summed E-state index contributed by atoms with van der Waals surface area (Å²) in [7, 11) is -1.20. The molecular formula is C92H187ClN2O4S. The van der Waals surface area contributed by atoms with Gasteiger partial charge in [-0.1, -0.05) is 491 Å². The molecule has 0 radical (unpaired) electrons. The fraction of sp³-hybridized carbons (Fsp3) is 0.967. The lowest BCUT2D eigenvalue weighted by Crippen LogP contribution is -3.00. The molecule has 1 aromatic heterocycles. The van der Waals surface area contributed by atoms with Gasteiger partial charge >= 0.3 is 0 Å². The van der Waals surface area contributed by atoms with Crippen molar-refractivity contribution >= 4 is 10.1 Å². The summed E-state index contributed by atoms with van der Waals surface area (Å²) in [4.78, 5) is 0. The van der Waals surface area contributed by atoms with Crippen molar-refractivity contribution in [2.45, 2.75) is 561 Å². The Morgan fingerprint density at radius 2 is 0.460 bits per heavy atom. The number of unbranched alkanes of at least 4 members (excludes halogenated alkanes) is 66. The summed E-state index contributed by atoms with van der Waals surface area (Å²) < 4.78 is 33.3. The van der Waals surface area contributed by atoms with Gasteiger partial charge in [0.1, 0.15) is 18.4 Å². The van der Waals surface area contributed by atoms with Gasteiger partial charge in [0.05, 0.1) is 25.5 Å². The van der Waals surface area contributed by atoms with Gasteiger partial charge in [-0.3, -0.25) is 4.18 Å². The molecule has 1 aromatic rings. The number of nitrogens with zero attached hydrogens (tertiary/aromatic N) is 2. The van der Waals surface area contributed by atoms with Gasteiger partial charge in [0.15, 0.2) is 0 Å². The van der Waals surface area contributed by atoms with Crippen LogP contribution in [-0.4, -0.2) is 36.6 Å². The highest BCUT2D eigenvalue weighted by Gasteiger charge is 2.17. The van der Waals surface area contributed by atoms with E-state index in [9.17, 15) is 13.5 Å². The molecule has 0 fully saturated rings. The minimum atomic E-state index is -3.35. The Hall–Kier alpha value is -0.630. The molecule has 0 saturated heterocycles. The van der Waals surface area contributed by atoms with E-state index in [4.69, 9.17) is 4.18 Å². The number of aryl methyl sites for hydroxylation is 1. The van der Waals surface area contributed by atoms with E-state index in [1.807, 2.05) is 0 Å². The van der Waals surface area contributed by atoms with Crippen LogP contribution in [0.1, 0.15) is 548 Å². The Bertz CT molecular complexity index is 1710. The third kappa shape index (κ3) is 88.0. The van der Waals surface area contributed by atoms with Gasteiger partial charge in [-0.15, -0.1) is 0 Å². The van der Waals surface area contributed by atoms with E-state index >= 15 is 0 Å². The van der Waals surface area contributed by atoms with Crippen LogP contribution in [0.25, 0.3) is 0 Å². The number of aliphatic hydroxyl groups excluding tert-OH is 1. The second-order valence-corrected chi connectivity index (χ2v) is 33.9. The van der Waals surface area contributed by atoms with Crippen molar-refractivity contribution < 1.29 is 34.7 Å². The minimum Gasteiger partial charge on any atom is -1.00 e. The van der Waals surface area contributed by atoms with Gasteiger partial charge in [-0.05, 0) is 51.4 Å². The molecule has 3 atom stereocenters. The number of hydrogen-bond acceptors (Lipinski definition) is 4. The van der Waals surface area contributed by atoms with E-state index in [2.05, 4.69) is 76.4 Å². The molecule has 1 N–H and O–H groups in total. The normalized spacial score (nSPS) is 12.5. The number of hydrogen-bond donors (Lipinski definition) is 1. The van der Waals surface area contributed by atoms with Crippen molar-refractivity contribution in [3.63, 3.8) is 0 Å². The van der Waals surface area contributed by atoms with Crippen molar-refractivity contribution in [3.05, 3.63) is 18.7 Å².